The summed E-state index contributed by atoms with van der Waals surface area (Å²) in [4.78, 5) is 11.7. The van der Waals surface area contributed by atoms with Crippen LogP contribution in [-0.2, 0) is 6.54 Å². The Hall–Kier alpha value is -2.04. The minimum absolute atomic E-state index is 0.277. The van der Waals surface area contributed by atoms with Crippen molar-refractivity contribution in [3.05, 3.63) is 40.8 Å². The fourth-order valence-electron chi connectivity index (χ4n) is 1.56. The molecule has 2 aromatic rings. The third-order valence-electron chi connectivity index (χ3n) is 2.34. The van der Waals surface area contributed by atoms with Crippen molar-refractivity contribution in [3.63, 3.8) is 0 Å². The molecule has 0 saturated carbocycles. The van der Waals surface area contributed by atoms with E-state index in [1.807, 2.05) is 37.3 Å². The average molecular weight is 218 g/mol. The van der Waals surface area contributed by atoms with E-state index in [4.69, 9.17) is 5.84 Å². The van der Waals surface area contributed by atoms with Crippen molar-refractivity contribution in [1.82, 2.24) is 14.5 Å². The lowest BCUT2D eigenvalue weighted by atomic mass is 10.2. The molecule has 84 valence electrons. The van der Waals surface area contributed by atoms with Crippen molar-refractivity contribution in [3.8, 4) is 11.4 Å². The number of hydrogen-bond acceptors (Lipinski definition) is 3. The lowest BCUT2D eigenvalue weighted by molar-refractivity contribution is 0.577. The molecule has 0 radical (unpaired) electrons. The molecule has 1 aromatic heterocycles. The highest BCUT2D eigenvalue weighted by Crippen LogP contribution is 2.12. The fraction of sp³-hybridized carbons (Fsp3) is 0.273. The molecular formula is C11H14N4O. The standard InChI is InChI=1S/C11H14N4O/c1-2-8-14-11(16)15(12)10(13-14)9-6-4-3-5-7-9/h3-7H,2,8,12H2,1H3. The van der Waals surface area contributed by atoms with E-state index in [9.17, 15) is 4.79 Å². The van der Waals surface area contributed by atoms with Gasteiger partial charge in [-0.15, -0.1) is 5.10 Å². The molecule has 2 rings (SSSR count). The number of nitrogens with two attached hydrogens (primary N) is 1. The summed E-state index contributed by atoms with van der Waals surface area (Å²) >= 11 is 0. The third-order valence-corrected chi connectivity index (χ3v) is 2.34. The molecule has 0 aliphatic carbocycles. The van der Waals surface area contributed by atoms with E-state index >= 15 is 0 Å². The number of benzene rings is 1. The van der Waals surface area contributed by atoms with Crippen LogP contribution in [0.3, 0.4) is 0 Å². The van der Waals surface area contributed by atoms with Crippen molar-refractivity contribution in [2.75, 3.05) is 5.84 Å². The van der Waals surface area contributed by atoms with Gasteiger partial charge in [0.2, 0.25) is 0 Å². The van der Waals surface area contributed by atoms with Crippen molar-refractivity contribution in [2.24, 2.45) is 0 Å². The topological polar surface area (TPSA) is 65.8 Å². The highest BCUT2D eigenvalue weighted by molar-refractivity contribution is 5.54. The molecule has 0 saturated heterocycles. The van der Waals surface area contributed by atoms with E-state index in [0.29, 0.717) is 12.4 Å². The summed E-state index contributed by atoms with van der Waals surface area (Å²) < 4.78 is 2.48. The van der Waals surface area contributed by atoms with Gasteiger partial charge in [0.1, 0.15) is 0 Å². The molecule has 0 spiro atoms. The summed E-state index contributed by atoms with van der Waals surface area (Å²) in [6, 6.07) is 9.44. The Morgan fingerprint density at radius 2 is 2.00 bits per heavy atom. The summed E-state index contributed by atoms with van der Waals surface area (Å²) in [5, 5.41) is 4.21. The molecule has 0 aliphatic rings. The first-order chi connectivity index (χ1) is 7.74. The molecule has 5 heteroatoms. The van der Waals surface area contributed by atoms with Crippen molar-refractivity contribution in [1.29, 1.82) is 0 Å². The highest BCUT2D eigenvalue weighted by atomic mass is 16.2. The monoisotopic (exact) mass is 218 g/mol. The van der Waals surface area contributed by atoms with Crippen LogP contribution in [0.5, 0.6) is 0 Å². The number of rotatable bonds is 3. The first-order valence-electron chi connectivity index (χ1n) is 5.24. The second kappa shape index (κ2) is 4.22. The molecule has 0 fully saturated rings. The highest BCUT2D eigenvalue weighted by Gasteiger charge is 2.11. The molecule has 0 atom stereocenters. The summed E-state index contributed by atoms with van der Waals surface area (Å²) in [7, 11) is 0. The Kier molecular flexibility index (Phi) is 2.76. The van der Waals surface area contributed by atoms with Gasteiger partial charge in [0.15, 0.2) is 5.82 Å². The molecule has 0 amide bonds. The Balaban J connectivity index is 2.51. The van der Waals surface area contributed by atoms with Gasteiger partial charge in [-0.1, -0.05) is 37.3 Å². The van der Waals surface area contributed by atoms with Crippen LogP contribution in [-0.4, -0.2) is 14.5 Å². The maximum absolute atomic E-state index is 11.7. The number of aromatic nitrogens is 3. The molecule has 2 N–H and O–H groups in total. The van der Waals surface area contributed by atoms with Gasteiger partial charge in [0.25, 0.3) is 0 Å². The average Bonchev–Trinajstić information content (AvgIpc) is 2.59. The third kappa shape index (κ3) is 1.71. The van der Waals surface area contributed by atoms with Crippen molar-refractivity contribution >= 4 is 0 Å². The van der Waals surface area contributed by atoms with E-state index in [0.717, 1.165) is 16.7 Å². The SMILES string of the molecule is CCCn1nc(-c2ccccc2)n(N)c1=O. The van der Waals surface area contributed by atoms with Crippen LogP contribution in [0.15, 0.2) is 35.1 Å². The number of aryl methyl sites for hydroxylation is 1. The maximum Gasteiger partial charge on any atom is 0.364 e. The van der Waals surface area contributed by atoms with E-state index < -0.39 is 0 Å². The van der Waals surface area contributed by atoms with Crippen molar-refractivity contribution in [2.45, 2.75) is 19.9 Å². The van der Waals surface area contributed by atoms with E-state index in [2.05, 4.69) is 5.10 Å². The van der Waals surface area contributed by atoms with Crippen LogP contribution >= 0.6 is 0 Å². The lowest BCUT2D eigenvalue weighted by Crippen LogP contribution is -2.30. The zero-order chi connectivity index (χ0) is 11.5. The second-order valence-corrected chi connectivity index (χ2v) is 3.57. The molecule has 16 heavy (non-hydrogen) atoms. The minimum atomic E-state index is -0.277. The van der Waals surface area contributed by atoms with E-state index in [1.54, 1.807) is 0 Å². The van der Waals surface area contributed by atoms with Gasteiger partial charge in [-0.2, -0.15) is 4.68 Å². The first kappa shape index (κ1) is 10.5. The minimum Gasteiger partial charge on any atom is -0.333 e. The zero-order valence-corrected chi connectivity index (χ0v) is 9.13. The van der Waals surface area contributed by atoms with Crippen LogP contribution in [0.1, 0.15) is 13.3 Å². The van der Waals surface area contributed by atoms with Gasteiger partial charge in [-0.3, -0.25) is 0 Å². The fourth-order valence-corrected chi connectivity index (χ4v) is 1.56. The molecule has 0 aliphatic heterocycles. The Morgan fingerprint density at radius 3 is 2.62 bits per heavy atom. The van der Waals surface area contributed by atoms with Crippen LogP contribution < -0.4 is 11.5 Å². The molecule has 0 bridgehead atoms. The van der Waals surface area contributed by atoms with Gasteiger partial charge in [-0.05, 0) is 6.42 Å². The first-order valence-corrected chi connectivity index (χ1v) is 5.24. The normalized spacial score (nSPS) is 10.6. The summed E-state index contributed by atoms with van der Waals surface area (Å²) in [5.41, 5.74) is 0.567. The molecule has 5 nitrogen and oxygen atoms in total. The van der Waals surface area contributed by atoms with Gasteiger partial charge in [0, 0.05) is 12.1 Å². The number of nitrogen functional groups attached to an aromatic ring is 1. The largest absolute Gasteiger partial charge is 0.364 e. The van der Waals surface area contributed by atoms with Crippen LogP contribution in [0.25, 0.3) is 11.4 Å². The van der Waals surface area contributed by atoms with Gasteiger partial charge in [-0.25, -0.2) is 9.48 Å². The quantitative estimate of drug-likeness (QED) is 0.776. The predicted octanol–water partition coefficient (Wildman–Crippen LogP) is 0.836. The molecular weight excluding hydrogens is 204 g/mol. The van der Waals surface area contributed by atoms with E-state index in [-0.39, 0.29) is 5.69 Å². The second-order valence-electron chi connectivity index (χ2n) is 3.57. The lowest BCUT2D eigenvalue weighted by Gasteiger charge is -1.97. The number of hydrogen-bond donors (Lipinski definition) is 1. The molecule has 1 heterocycles. The van der Waals surface area contributed by atoms with Crippen LogP contribution in [0, 0.1) is 0 Å². The Morgan fingerprint density at radius 1 is 1.31 bits per heavy atom. The van der Waals surface area contributed by atoms with Gasteiger partial charge >= 0.3 is 5.69 Å². The summed E-state index contributed by atoms with van der Waals surface area (Å²) in [6.07, 6.45) is 0.852. The number of nitrogens with zero attached hydrogens (tertiary/aromatic N) is 3. The van der Waals surface area contributed by atoms with Crippen molar-refractivity contribution < 1.29 is 0 Å². The van der Waals surface area contributed by atoms with Crippen LogP contribution in [0.4, 0.5) is 0 Å². The predicted molar refractivity (Wildman–Crippen MR) is 62.4 cm³/mol. The Labute approximate surface area is 93.1 Å². The molecule has 1 aromatic carbocycles. The molecule has 0 unspecified atom stereocenters. The smallest absolute Gasteiger partial charge is 0.333 e. The van der Waals surface area contributed by atoms with E-state index in [1.165, 1.54) is 4.68 Å². The summed E-state index contributed by atoms with van der Waals surface area (Å²) in [5.74, 6) is 6.19. The van der Waals surface area contributed by atoms with Gasteiger partial charge < -0.3 is 5.84 Å². The Bertz CT molecular complexity index is 527. The van der Waals surface area contributed by atoms with Gasteiger partial charge in [0.05, 0.1) is 0 Å². The maximum atomic E-state index is 11.7. The van der Waals surface area contributed by atoms with Crippen LogP contribution in [0.2, 0.25) is 0 Å². The zero-order valence-electron chi connectivity index (χ0n) is 9.13. The summed E-state index contributed by atoms with van der Waals surface area (Å²) in [6.45, 7) is 2.58.